The van der Waals surface area contributed by atoms with Crippen LogP contribution in [-0.2, 0) is 17.3 Å². The van der Waals surface area contributed by atoms with Crippen molar-refractivity contribution < 1.29 is 46.0 Å². The molecular weight excluding hydrogens is 467 g/mol. The van der Waals surface area contributed by atoms with Gasteiger partial charge < -0.3 is 15.4 Å². The molecule has 0 aliphatic rings. The van der Waals surface area contributed by atoms with Crippen molar-refractivity contribution in [3.8, 4) is 0 Å². The van der Waals surface area contributed by atoms with Gasteiger partial charge in [0, 0.05) is 5.69 Å². The van der Waals surface area contributed by atoms with Gasteiger partial charge in [0.25, 0.3) is 5.91 Å². The zero-order chi connectivity index (χ0) is 26.0. The number of hydrogen-bond donors (Lipinski definition) is 2. The minimum Gasteiger partial charge on any atom is -0.537 e. The molecule has 4 nitrogen and oxygen atoms in total. The number of carbonyl (C=O) groups excluding carboxylic acids is 1. The molecule has 36 heavy (non-hydrogen) atoms. The molecule has 2 N–H and O–H groups in total. The normalized spacial score (nSPS) is 11.4. The molecule has 0 bridgehead atoms. The Morgan fingerprint density at radius 1 is 1.11 bits per heavy atom. The van der Waals surface area contributed by atoms with Gasteiger partial charge in [0.15, 0.2) is 0 Å². The minimum absolute atomic E-state index is 0. The summed E-state index contributed by atoms with van der Waals surface area (Å²) in [5.41, 5.74) is -0.172. The number of rotatable bonds is 11. The summed E-state index contributed by atoms with van der Waals surface area (Å²) < 4.78 is 58.8. The Bertz CT molecular complexity index is 1170. The van der Waals surface area contributed by atoms with Crippen molar-refractivity contribution in [2.24, 2.45) is 0 Å². The van der Waals surface area contributed by atoms with Crippen molar-refractivity contribution in [2.45, 2.75) is 19.0 Å². The van der Waals surface area contributed by atoms with E-state index < -0.39 is 23.5 Å². The number of amides is 1. The van der Waals surface area contributed by atoms with Crippen LogP contribution in [0.2, 0.25) is 0 Å². The molecule has 0 atom stereocenters. The summed E-state index contributed by atoms with van der Waals surface area (Å²) in [7, 11) is 1.37. The first-order valence-corrected chi connectivity index (χ1v) is 10.3. The molecule has 0 saturated carbocycles. The molecule has 2 aromatic carbocycles. The second-order valence-electron chi connectivity index (χ2n) is 7.15. The Morgan fingerprint density at radius 2 is 1.83 bits per heavy atom. The zero-order valence-electron chi connectivity index (χ0n) is 20.0. The van der Waals surface area contributed by atoms with Gasteiger partial charge in [-0.25, -0.2) is 10.5 Å². The van der Waals surface area contributed by atoms with Crippen LogP contribution < -0.4 is 29.5 Å². The van der Waals surface area contributed by atoms with Crippen LogP contribution in [0, 0.1) is 18.5 Å². The van der Waals surface area contributed by atoms with Gasteiger partial charge in [-0.3, -0.25) is 23.5 Å². The Hall–Kier alpha value is -3.47. The van der Waals surface area contributed by atoms with Crippen LogP contribution in [0.15, 0.2) is 85.3 Å². The van der Waals surface area contributed by atoms with Crippen molar-refractivity contribution in [1.29, 1.82) is 0 Å². The Labute approximate surface area is 220 Å². The van der Waals surface area contributed by atoms with Crippen LogP contribution in [0.5, 0.6) is 0 Å². The molecule has 0 aliphatic carbocycles. The molecule has 0 radical (unpaired) electrons. The molecule has 0 saturated heterocycles. The molecule has 0 unspecified atom stereocenters. The van der Waals surface area contributed by atoms with E-state index in [4.69, 9.17) is 11.3 Å². The number of carbonyl (C=O) groups is 1. The van der Waals surface area contributed by atoms with E-state index in [-0.39, 0.29) is 54.4 Å². The third-order valence-electron chi connectivity index (χ3n) is 4.63. The molecule has 0 spiro atoms. The first-order valence-electron chi connectivity index (χ1n) is 10.3. The van der Waals surface area contributed by atoms with E-state index >= 15 is 0 Å². The molecule has 1 amide bonds. The fourth-order valence-electron chi connectivity index (χ4n) is 2.93. The molecule has 184 valence electrons. The van der Waals surface area contributed by atoms with E-state index in [2.05, 4.69) is 29.9 Å². The smallest absolute Gasteiger partial charge is 0.537 e. The molecule has 0 aromatic heterocycles. The predicted molar refractivity (Wildman–Crippen MR) is 128 cm³/mol. The van der Waals surface area contributed by atoms with Crippen LogP contribution >= 0.6 is 0 Å². The Morgan fingerprint density at radius 3 is 2.44 bits per heavy atom. The molecule has 0 fully saturated rings. The van der Waals surface area contributed by atoms with Gasteiger partial charge in [0.05, 0.1) is 23.9 Å². The fourth-order valence-corrected chi connectivity index (χ4v) is 2.93. The predicted octanol–water partition coefficient (Wildman–Crippen LogP) is 3.83. The number of hydrogen-bond acceptors (Lipinski definition) is 3. The van der Waals surface area contributed by atoms with Crippen LogP contribution in [0.25, 0.3) is 0 Å². The van der Waals surface area contributed by atoms with Gasteiger partial charge in [-0.15, -0.1) is 24.9 Å². The van der Waals surface area contributed by atoms with Gasteiger partial charge >= 0.3 is 25.0 Å². The van der Waals surface area contributed by atoms with E-state index in [1.165, 1.54) is 37.5 Å². The van der Waals surface area contributed by atoms with Gasteiger partial charge in [-0.05, 0) is 48.4 Å². The van der Waals surface area contributed by atoms with Crippen molar-refractivity contribution in [1.82, 2.24) is 5.32 Å². The second-order valence-corrected chi connectivity index (χ2v) is 7.15. The van der Waals surface area contributed by atoms with Crippen LogP contribution in [-0.4, -0.2) is 13.0 Å². The third-order valence-corrected chi connectivity index (χ3v) is 4.63. The zero-order valence-corrected chi connectivity index (χ0v) is 20.0. The second kappa shape index (κ2) is 14.2. The van der Waals surface area contributed by atoms with Gasteiger partial charge in [-0.2, -0.15) is 13.2 Å². The number of anilines is 2. The number of halogens is 4. The van der Waals surface area contributed by atoms with Crippen molar-refractivity contribution in [3.63, 3.8) is 0 Å². The van der Waals surface area contributed by atoms with Gasteiger partial charge in [0.1, 0.15) is 5.82 Å². The van der Waals surface area contributed by atoms with E-state index in [9.17, 15) is 22.4 Å². The average molecular weight is 491 g/mol. The summed E-state index contributed by atoms with van der Waals surface area (Å²) in [6.07, 6.45) is 4.68. The summed E-state index contributed by atoms with van der Waals surface area (Å²) in [5.74, 6) is -1.15. The third kappa shape index (κ3) is 8.95. The maximum absolute atomic E-state index is 13.7. The van der Waals surface area contributed by atoms with Crippen LogP contribution in [0.3, 0.4) is 0 Å². The van der Waals surface area contributed by atoms with Crippen LogP contribution in [0.1, 0.15) is 27.9 Å². The summed E-state index contributed by atoms with van der Waals surface area (Å²) in [5, 5.41) is 5.43. The Kier molecular flexibility index (Phi) is 12.0. The number of alkyl halides is 3. The number of benzene rings is 2. The Balaban J connectivity index is 0.00000648. The average Bonchev–Trinajstić information content (AvgIpc) is 2.81. The van der Waals surface area contributed by atoms with Crippen molar-refractivity contribution >= 4 is 17.3 Å². The molecule has 0 heterocycles. The van der Waals surface area contributed by atoms with Crippen molar-refractivity contribution in [2.75, 3.05) is 12.4 Å². The molecule has 2 aromatic rings. The maximum atomic E-state index is 13.7. The quantitative estimate of drug-likeness (QED) is 0.126. The summed E-state index contributed by atoms with van der Waals surface area (Å²) in [6.45, 7) is 12.8. The molecule has 2 rings (SSSR count). The standard InChI is InChI=1S/C27H24F4N2O2.Li/c1-5-7-9-22(13-10-18(3)35-4)32-26(34)23-14-11-20(27(29,30)31)17-25(23)33-24-15-12-21(28)16-19(24)8-6-2;/h3,5-6,10-17,33H,1-2,7-8H2,4H3,(H,32,34);/q-2;+1/b13-10-;. The first kappa shape index (κ1) is 30.6. The van der Waals surface area contributed by atoms with Crippen molar-refractivity contribution in [3.05, 3.63) is 120 Å². The van der Waals surface area contributed by atoms with E-state index in [0.29, 0.717) is 11.3 Å². The SMILES string of the molecule is [CH-]=C(/C=C\C(=[C-]CC=C)NC(=O)c1ccc(C(F)(F)F)cc1Nc1ccc(F)cc1CC=C)OC.[Li+]. The first-order chi connectivity index (χ1) is 16.6. The summed E-state index contributed by atoms with van der Waals surface area (Å²) >= 11 is 0. The van der Waals surface area contributed by atoms with E-state index in [1.54, 1.807) is 6.08 Å². The van der Waals surface area contributed by atoms with Gasteiger partial charge in [0.2, 0.25) is 0 Å². The van der Waals surface area contributed by atoms with Gasteiger partial charge in [-0.1, -0.05) is 18.3 Å². The van der Waals surface area contributed by atoms with Crippen LogP contribution in [0.4, 0.5) is 28.9 Å². The molecule has 9 heteroatoms. The number of allylic oxidation sites excluding steroid dienone is 5. The van der Waals surface area contributed by atoms with E-state index in [1.807, 2.05) is 0 Å². The largest absolute Gasteiger partial charge is 1.00 e. The number of ether oxygens (including phenoxy) is 1. The van der Waals surface area contributed by atoms with E-state index in [0.717, 1.165) is 24.3 Å². The fraction of sp³-hybridized carbons (Fsp3) is 0.148. The summed E-state index contributed by atoms with van der Waals surface area (Å²) in [4.78, 5) is 13.1. The topological polar surface area (TPSA) is 50.4 Å². The summed E-state index contributed by atoms with van der Waals surface area (Å²) in [6, 6.07) is 6.46. The monoisotopic (exact) mass is 491 g/mol. The number of nitrogens with one attached hydrogen (secondary N) is 2. The maximum Gasteiger partial charge on any atom is 1.00 e. The molecule has 0 aliphatic heterocycles. The number of methoxy groups -OCH3 is 1. The minimum atomic E-state index is -4.64. The molecular formula is C27H24F4LiN2O2-.